The fourth-order valence-electron chi connectivity index (χ4n) is 1.85. The van der Waals surface area contributed by atoms with E-state index in [9.17, 15) is 0 Å². The first-order valence-corrected chi connectivity index (χ1v) is 7.99. The molecule has 0 aliphatic rings. The Balaban J connectivity index is 2.48. The van der Waals surface area contributed by atoms with Gasteiger partial charge in [0.05, 0.1) is 11.2 Å². The number of hydrogen-bond acceptors (Lipinski definition) is 5. The quantitative estimate of drug-likeness (QED) is 0.839. The van der Waals surface area contributed by atoms with E-state index < -0.39 is 0 Å². The van der Waals surface area contributed by atoms with Crippen molar-refractivity contribution in [3.05, 3.63) is 29.5 Å². The summed E-state index contributed by atoms with van der Waals surface area (Å²) in [6.45, 7) is 13.3. The number of nitrogens with one attached hydrogen (secondary N) is 1. The lowest BCUT2D eigenvalue weighted by Gasteiger charge is -2.20. The summed E-state index contributed by atoms with van der Waals surface area (Å²) >= 11 is 1.63. The lowest BCUT2D eigenvalue weighted by molar-refractivity contribution is 0.526. The number of rotatable bonds is 4. The van der Waals surface area contributed by atoms with Gasteiger partial charge in [0.1, 0.15) is 22.4 Å². The van der Waals surface area contributed by atoms with E-state index in [1.807, 2.05) is 13.0 Å². The zero-order chi connectivity index (χ0) is 15.6. The van der Waals surface area contributed by atoms with E-state index >= 15 is 0 Å². The molecule has 2 aromatic rings. The summed E-state index contributed by atoms with van der Waals surface area (Å²) in [5.41, 5.74) is 0.994. The highest BCUT2D eigenvalue weighted by Crippen LogP contribution is 2.35. The fraction of sp³-hybridized carbons (Fsp3) is 0.500. The van der Waals surface area contributed by atoms with Crippen LogP contribution in [0.1, 0.15) is 44.8 Å². The van der Waals surface area contributed by atoms with Gasteiger partial charge in [0, 0.05) is 17.5 Å². The van der Waals surface area contributed by atoms with Crippen LogP contribution in [0.15, 0.2) is 26.7 Å². The molecule has 0 radical (unpaired) electrons. The molecular formula is C16H23N3OS. The molecule has 1 N–H and O–H groups in total. The minimum absolute atomic E-state index is 0.0847. The second-order valence-electron chi connectivity index (χ2n) is 6.05. The van der Waals surface area contributed by atoms with Crippen molar-refractivity contribution in [1.82, 2.24) is 9.97 Å². The average molecular weight is 305 g/mol. The second-order valence-corrected chi connectivity index (χ2v) is 7.08. The first-order chi connectivity index (χ1) is 9.82. The van der Waals surface area contributed by atoms with Crippen LogP contribution in [0, 0.1) is 13.8 Å². The van der Waals surface area contributed by atoms with Crippen molar-refractivity contribution in [3.63, 3.8) is 0 Å². The summed E-state index contributed by atoms with van der Waals surface area (Å²) in [6.07, 6.45) is 1.71. The Bertz CT molecular complexity index is 629. The standard InChI is InChI=1S/C16H23N3OS/c1-7-17-13-10(2)14(19-15(18-13)16(4,5)6)21-12-8-9-20-11(12)3/h8-9H,7H2,1-6H3,(H,17,18,19). The molecule has 2 rings (SSSR count). The molecule has 0 atom stereocenters. The van der Waals surface area contributed by atoms with E-state index in [1.54, 1.807) is 18.0 Å². The highest BCUT2D eigenvalue weighted by atomic mass is 32.2. The maximum absolute atomic E-state index is 5.37. The van der Waals surface area contributed by atoms with Crippen molar-refractivity contribution in [2.45, 2.75) is 56.9 Å². The molecule has 0 aliphatic heterocycles. The summed E-state index contributed by atoms with van der Waals surface area (Å²) in [5, 5.41) is 4.32. The lowest BCUT2D eigenvalue weighted by Crippen LogP contribution is -2.18. The number of hydrogen-bond donors (Lipinski definition) is 1. The molecule has 114 valence electrons. The van der Waals surface area contributed by atoms with Gasteiger partial charge in [-0.1, -0.05) is 32.5 Å². The molecule has 0 spiro atoms. The van der Waals surface area contributed by atoms with Gasteiger partial charge in [-0.05, 0) is 26.8 Å². The molecule has 2 aromatic heterocycles. The number of anilines is 1. The average Bonchev–Trinajstić information content (AvgIpc) is 2.78. The van der Waals surface area contributed by atoms with Crippen LogP contribution in [0.25, 0.3) is 0 Å². The first-order valence-electron chi connectivity index (χ1n) is 7.18. The van der Waals surface area contributed by atoms with Gasteiger partial charge in [-0.25, -0.2) is 9.97 Å². The normalized spacial score (nSPS) is 11.7. The summed E-state index contributed by atoms with van der Waals surface area (Å²) in [4.78, 5) is 10.6. The van der Waals surface area contributed by atoms with Crippen LogP contribution in [0.4, 0.5) is 5.82 Å². The van der Waals surface area contributed by atoms with Crippen LogP contribution in [0.3, 0.4) is 0 Å². The topological polar surface area (TPSA) is 51.0 Å². The minimum Gasteiger partial charge on any atom is -0.468 e. The molecule has 0 saturated carbocycles. The monoisotopic (exact) mass is 305 g/mol. The molecule has 0 amide bonds. The Morgan fingerprint density at radius 1 is 1.24 bits per heavy atom. The molecule has 0 aliphatic carbocycles. The Morgan fingerprint density at radius 2 is 1.95 bits per heavy atom. The van der Waals surface area contributed by atoms with E-state index in [1.165, 1.54) is 0 Å². The molecule has 0 aromatic carbocycles. The van der Waals surface area contributed by atoms with E-state index in [0.717, 1.165) is 39.4 Å². The van der Waals surface area contributed by atoms with Gasteiger partial charge in [-0.2, -0.15) is 0 Å². The van der Waals surface area contributed by atoms with Crippen molar-refractivity contribution in [2.75, 3.05) is 11.9 Å². The van der Waals surface area contributed by atoms with Gasteiger partial charge in [-0.3, -0.25) is 0 Å². The first kappa shape index (κ1) is 15.9. The number of aromatic nitrogens is 2. The molecule has 4 nitrogen and oxygen atoms in total. The van der Waals surface area contributed by atoms with Crippen molar-refractivity contribution < 1.29 is 4.42 Å². The van der Waals surface area contributed by atoms with E-state index in [-0.39, 0.29) is 5.41 Å². The van der Waals surface area contributed by atoms with E-state index in [2.05, 4.69) is 44.9 Å². The maximum Gasteiger partial charge on any atom is 0.137 e. The minimum atomic E-state index is -0.0847. The van der Waals surface area contributed by atoms with Crippen molar-refractivity contribution >= 4 is 17.6 Å². The van der Waals surface area contributed by atoms with Crippen LogP contribution in [0.2, 0.25) is 0 Å². The molecule has 0 bridgehead atoms. The largest absolute Gasteiger partial charge is 0.468 e. The lowest BCUT2D eigenvalue weighted by atomic mass is 9.95. The molecule has 0 unspecified atom stereocenters. The molecule has 2 heterocycles. The van der Waals surface area contributed by atoms with Gasteiger partial charge in [0.2, 0.25) is 0 Å². The SMILES string of the molecule is CCNc1nc(C(C)(C)C)nc(Sc2ccoc2C)c1C. The zero-order valence-electron chi connectivity index (χ0n) is 13.6. The number of nitrogens with zero attached hydrogens (tertiary/aromatic N) is 2. The smallest absolute Gasteiger partial charge is 0.137 e. The fourth-order valence-corrected chi connectivity index (χ4v) is 2.76. The number of aryl methyl sites for hydroxylation is 1. The third-order valence-electron chi connectivity index (χ3n) is 3.13. The van der Waals surface area contributed by atoms with E-state index in [4.69, 9.17) is 9.40 Å². The van der Waals surface area contributed by atoms with Gasteiger partial charge in [-0.15, -0.1) is 0 Å². The van der Waals surface area contributed by atoms with Gasteiger partial charge in [0.15, 0.2) is 0 Å². The zero-order valence-corrected chi connectivity index (χ0v) is 14.4. The predicted molar refractivity (Wildman–Crippen MR) is 87.2 cm³/mol. The second kappa shape index (κ2) is 6.10. The van der Waals surface area contributed by atoms with Gasteiger partial charge in [0.25, 0.3) is 0 Å². The Morgan fingerprint density at radius 3 is 2.48 bits per heavy atom. The van der Waals surface area contributed by atoms with Gasteiger partial charge >= 0.3 is 0 Å². The molecule has 0 fully saturated rings. The van der Waals surface area contributed by atoms with Crippen LogP contribution < -0.4 is 5.32 Å². The Labute approximate surface area is 130 Å². The maximum atomic E-state index is 5.37. The van der Waals surface area contributed by atoms with Crippen molar-refractivity contribution in [1.29, 1.82) is 0 Å². The molecular weight excluding hydrogens is 282 g/mol. The van der Waals surface area contributed by atoms with Crippen LogP contribution in [0.5, 0.6) is 0 Å². The van der Waals surface area contributed by atoms with E-state index in [0.29, 0.717) is 0 Å². The van der Waals surface area contributed by atoms with Crippen molar-refractivity contribution in [2.24, 2.45) is 0 Å². The summed E-state index contributed by atoms with van der Waals surface area (Å²) in [5.74, 6) is 2.69. The molecule has 21 heavy (non-hydrogen) atoms. The third kappa shape index (κ3) is 3.59. The highest BCUT2D eigenvalue weighted by Gasteiger charge is 2.22. The van der Waals surface area contributed by atoms with Crippen LogP contribution in [-0.2, 0) is 5.41 Å². The molecule has 0 saturated heterocycles. The van der Waals surface area contributed by atoms with Crippen LogP contribution in [-0.4, -0.2) is 16.5 Å². The van der Waals surface area contributed by atoms with Gasteiger partial charge < -0.3 is 9.73 Å². The Kier molecular flexibility index (Phi) is 4.61. The Hall–Kier alpha value is -1.49. The highest BCUT2D eigenvalue weighted by molar-refractivity contribution is 7.99. The number of furan rings is 1. The predicted octanol–water partition coefficient (Wildman–Crippen LogP) is 4.57. The summed E-state index contributed by atoms with van der Waals surface area (Å²) < 4.78 is 5.37. The van der Waals surface area contributed by atoms with Crippen LogP contribution >= 0.6 is 11.8 Å². The van der Waals surface area contributed by atoms with Crippen molar-refractivity contribution in [3.8, 4) is 0 Å². The summed E-state index contributed by atoms with van der Waals surface area (Å²) in [6, 6.07) is 1.98. The molecule has 5 heteroatoms. The third-order valence-corrected chi connectivity index (χ3v) is 4.37. The summed E-state index contributed by atoms with van der Waals surface area (Å²) in [7, 11) is 0.